The van der Waals surface area contributed by atoms with Crippen LogP contribution in [0, 0.1) is 0 Å². The standard InChI is InChI=1S/C12H15NO/c1-13-11-7-14-12-6-9-4-2-3-8(9)5-10(11)12/h5-6,11,13H,2-4,7H2,1H3. The number of aryl methyl sites for hydroxylation is 2. The van der Waals surface area contributed by atoms with E-state index in [1.54, 1.807) is 0 Å². The minimum Gasteiger partial charge on any atom is -0.491 e. The molecule has 0 radical (unpaired) electrons. The van der Waals surface area contributed by atoms with Crippen molar-refractivity contribution in [2.75, 3.05) is 13.7 Å². The van der Waals surface area contributed by atoms with Gasteiger partial charge in [0.25, 0.3) is 0 Å². The van der Waals surface area contributed by atoms with E-state index >= 15 is 0 Å². The summed E-state index contributed by atoms with van der Waals surface area (Å²) in [7, 11) is 2.00. The maximum atomic E-state index is 5.66. The Bertz CT molecular complexity index is 373. The number of hydrogen-bond donors (Lipinski definition) is 1. The Morgan fingerprint density at radius 2 is 2.07 bits per heavy atom. The van der Waals surface area contributed by atoms with Crippen molar-refractivity contribution in [1.29, 1.82) is 0 Å². The second-order valence-electron chi connectivity index (χ2n) is 4.16. The van der Waals surface area contributed by atoms with Gasteiger partial charge in [0.1, 0.15) is 12.4 Å². The van der Waals surface area contributed by atoms with Crippen LogP contribution in [0.2, 0.25) is 0 Å². The zero-order valence-electron chi connectivity index (χ0n) is 8.47. The molecule has 1 aromatic carbocycles. The lowest BCUT2D eigenvalue weighted by molar-refractivity contribution is 0.318. The van der Waals surface area contributed by atoms with E-state index in [9.17, 15) is 0 Å². The lowest BCUT2D eigenvalue weighted by Crippen LogP contribution is -2.17. The molecule has 1 aliphatic heterocycles. The molecular weight excluding hydrogens is 174 g/mol. The predicted octanol–water partition coefficient (Wildman–Crippen LogP) is 1.83. The topological polar surface area (TPSA) is 21.3 Å². The van der Waals surface area contributed by atoms with E-state index in [0.717, 1.165) is 12.4 Å². The van der Waals surface area contributed by atoms with Crippen LogP contribution in [-0.2, 0) is 12.8 Å². The summed E-state index contributed by atoms with van der Waals surface area (Å²) in [6.07, 6.45) is 3.79. The summed E-state index contributed by atoms with van der Waals surface area (Å²) < 4.78 is 5.66. The summed E-state index contributed by atoms with van der Waals surface area (Å²) >= 11 is 0. The zero-order chi connectivity index (χ0) is 9.54. The van der Waals surface area contributed by atoms with Crippen LogP contribution in [0.5, 0.6) is 5.75 Å². The lowest BCUT2D eigenvalue weighted by Gasteiger charge is -2.08. The highest BCUT2D eigenvalue weighted by atomic mass is 16.5. The van der Waals surface area contributed by atoms with Gasteiger partial charge in [0.05, 0.1) is 6.04 Å². The molecule has 74 valence electrons. The van der Waals surface area contributed by atoms with E-state index in [4.69, 9.17) is 4.74 Å². The van der Waals surface area contributed by atoms with Gasteiger partial charge in [0.15, 0.2) is 0 Å². The number of ether oxygens (including phenoxy) is 1. The van der Waals surface area contributed by atoms with Gasteiger partial charge in [-0.15, -0.1) is 0 Å². The van der Waals surface area contributed by atoms with E-state index in [1.807, 2.05) is 7.05 Å². The quantitative estimate of drug-likeness (QED) is 0.727. The fourth-order valence-electron chi connectivity index (χ4n) is 2.52. The average Bonchev–Trinajstić information content (AvgIpc) is 2.78. The molecule has 1 aromatic rings. The van der Waals surface area contributed by atoms with E-state index < -0.39 is 0 Å². The third kappa shape index (κ3) is 1.07. The Labute approximate surface area is 84.3 Å². The van der Waals surface area contributed by atoms with Crippen molar-refractivity contribution >= 4 is 0 Å². The van der Waals surface area contributed by atoms with Gasteiger partial charge in [-0.2, -0.15) is 0 Å². The molecule has 2 aliphatic rings. The maximum Gasteiger partial charge on any atom is 0.124 e. The summed E-state index contributed by atoms with van der Waals surface area (Å²) in [5.41, 5.74) is 4.39. The van der Waals surface area contributed by atoms with Crippen molar-refractivity contribution in [3.05, 3.63) is 28.8 Å². The van der Waals surface area contributed by atoms with E-state index in [-0.39, 0.29) is 0 Å². The Balaban J connectivity index is 2.09. The number of benzene rings is 1. The summed E-state index contributed by atoms with van der Waals surface area (Å²) in [5.74, 6) is 1.10. The van der Waals surface area contributed by atoms with Crippen molar-refractivity contribution in [2.45, 2.75) is 25.3 Å². The first kappa shape index (κ1) is 8.30. The van der Waals surface area contributed by atoms with Crippen LogP contribution in [0.25, 0.3) is 0 Å². The molecular formula is C12H15NO. The molecule has 1 aliphatic carbocycles. The molecule has 1 heterocycles. The number of fused-ring (bicyclic) bond motifs is 2. The molecule has 1 N–H and O–H groups in total. The van der Waals surface area contributed by atoms with Crippen LogP contribution in [0.15, 0.2) is 12.1 Å². The molecule has 0 fully saturated rings. The minimum absolute atomic E-state index is 0.399. The van der Waals surface area contributed by atoms with Gasteiger partial charge in [-0.25, -0.2) is 0 Å². The molecule has 0 bridgehead atoms. The summed E-state index contributed by atoms with van der Waals surface area (Å²) in [6, 6.07) is 4.98. The minimum atomic E-state index is 0.399. The van der Waals surface area contributed by atoms with Crippen LogP contribution in [-0.4, -0.2) is 13.7 Å². The molecule has 2 heteroatoms. The van der Waals surface area contributed by atoms with E-state index in [2.05, 4.69) is 17.4 Å². The molecule has 1 unspecified atom stereocenters. The van der Waals surface area contributed by atoms with Crippen molar-refractivity contribution in [1.82, 2.24) is 5.32 Å². The molecule has 0 amide bonds. The second kappa shape index (κ2) is 2.99. The zero-order valence-corrected chi connectivity index (χ0v) is 8.47. The molecule has 0 aromatic heterocycles. The Hall–Kier alpha value is -1.02. The number of likely N-dealkylation sites (N-methyl/N-ethyl adjacent to an activating group) is 1. The van der Waals surface area contributed by atoms with Gasteiger partial charge in [-0.05, 0) is 43.5 Å². The fourth-order valence-corrected chi connectivity index (χ4v) is 2.52. The maximum absolute atomic E-state index is 5.66. The number of rotatable bonds is 1. The van der Waals surface area contributed by atoms with Gasteiger partial charge in [-0.1, -0.05) is 6.07 Å². The van der Waals surface area contributed by atoms with Crippen molar-refractivity contribution in [3.8, 4) is 5.75 Å². The Morgan fingerprint density at radius 3 is 2.86 bits per heavy atom. The predicted molar refractivity (Wildman–Crippen MR) is 55.8 cm³/mol. The Kier molecular flexibility index (Phi) is 1.77. The number of nitrogens with one attached hydrogen (secondary N) is 1. The summed E-state index contributed by atoms with van der Waals surface area (Å²) in [4.78, 5) is 0. The van der Waals surface area contributed by atoms with Crippen LogP contribution in [0.1, 0.15) is 29.2 Å². The SMILES string of the molecule is CNC1COc2cc3c(cc21)CCC3. The van der Waals surface area contributed by atoms with Gasteiger partial charge >= 0.3 is 0 Å². The van der Waals surface area contributed by atoms with Crippen molar-refractivity contribution in [3.63, 3.8) is 0 Å². The molecule has 1 atom stereocenters. The fraction of sp³-hybridized carbons (Fsp3) is 0.500. The number of hydrogen-bond acceptors (Lipinski definition) is 2. The van der Waals surface area contributed by atoms with Gasteiger partial charge in [0, 0.05) is 5.56 Å². The molecule has 2 nitrogen and oxygen atoms in total. The van der Waals surface area contributed by atoms with Gasteiger partial charge in [0.2, 0.25) is 0 Å². The normalized spacial score (nSPS) is 23.1. The van der Waals surface area contributed by atoms with E-state index in [0.29, 0.717) is 6.04 Å². The molecule has 0 spiro atoms. The molecule has 3 rings (SSSR count). The van der Waals surface area contributed by atoms with Crippen LogP contribution in [0.3, 0.4) is 0 Å². The van der Waals surface area contributed by atoms with Gasteiger partial charge in [-0.3, -0.25) is 0 Å². The third-order valence-corrected chi connectivity index (χ3v) is 3.35. The molecule has 14 heavy (non-hydrogen) atoms. The highest BCUT2D eigenvalue weighted by Gasteiger charge is 2.25. The second-order valence-corrected chi connectivity index (χ2v) is 4.16. The highest BCUT2D eigenvalue weighted by Crippen LogP contribution is 2.37. The first-order valence-electron chi connectivity index (χ1n) is 5.34. The lowest BCUT2D eigenvalue weighted by atomic mass is 10.0. The molecule has 0 saturated heterocycles. The van der Waals surface area contributed by atoms with E-state index in [1.165, 1.54) is 36.0 Å². The van der Waals surface area contributed by atoms with Crippen LogP contribution in [0.4, 0.5) is 0 Å². The first-order chi connectivity index (χ1) is 6.88. The third-order valence-electron chi connectivity index (χ3n) is 3.35. The van der Waals surface area contributed by atoms with Crippen LogP contribution < -0.4 is 10.1 Å². The summed E-state index contributed by atoms with van der Waals surface area (Å²) in [5, 5.41) is 3.29. The van der Waals surface area contributed by atoms with Crippen molar-refractivity contribution in [2.24, 2.45) is 0 Å². The smallest absolute Gasteiger partial charge is 0.124 e. The first-order valence-corrected chi connectivity index (χ1v) is 5.34. The van der Waals surface area contributed by atoms with Gasteiger partial charge < -0.3 is 10.1 Å². The largest absolute Gasteiger partial charge is 0.491 e. The summed E-state index contributed by atoms with van der Waals surface area (Å²) in [6.45, 7) is 0.786. The average molecular weight is 189 g/mol. The monoisotopic (exact) mass is 189 g/mol. The molecule has 0 saturated carbocycles. The van der Waals surface area contributed by atoms with Crippen LogP contribution >= 0.6 is 0 Å². The highest BCUT2D eigenvalue weighted by molar-refractivity contribution is 5.48. The van der Waals surface area contributed by atoms with Crippen molar-refractivity contribution < 1.29 is 4.74 Å². The Morgan fingerprint density at radius 1 is 1.29 bits per heavy atom.